The Morgan fingerprint density at radius 1 is 1.10 bits per heavy atom. The quantitative estimate of drug-likeness (QED) is 0.811. The molecular formula is C15H12FNO4. The first kappa shape index (κ1) is 14.5. The molecule has 108 valence electrons. The van der Waals surface area contributed by atoms with Crippen molar-refractivity contribution < 1.29 is 24.2 Å². The molecule has 2 aromatic rings. The van der Waals surface area contributed by atoms with Gasteiger partial charge in [-0.3, -0.25) is 4.79 Å². The van der Waals surface area contributed by atoms with Gasteiger partial charge in [0.25, 0.3) is 5.91 Å². The molecule has 0 spiro atoms. The lowest BCUT2D eigenvalue weighted by Gasteiger charge is -2.09. The predicted molar refractivity (Wildman–Crippen MR) is 74.2 cm³/mol. The molecule has 3 N–H and O–H groups in total. The second kappa shape index (κ2) is 5.62. The average molecular weight is 289 g/mol. The van der Waals surface area contributed by atoms with Crippen molar-refractivity contribution >= 4 is 17.6 Å². The maximum Gasteiger partial charge on any atom is 0.339 e. The second-order valence-electron chi connectivity index (χ2n) is 4.45. The second-order valence-corrected chi connectivity index (χ2v) is 4.45. The van der Waals surface area contributed by atoms with Crippen LogP contribution in [0.25, 0.3) is 0 Å². The van der Waals surface area contributed by atoms with Crippen LogP contribution in [0.5, 0.6) is 5.75 Å². The molecule has 0 aliphatic heterocycles. The number of carboxylic acids is 1. The smallest absolute Gasteiger partial charge is 0.339 e. The van der Waals surface area contributed by atoms with Gasteiger partial charge in [-0.2, -0.15) is 0 Å². The number of carbonyl (C=O) groups is 2. The topological polar surface area (TPSA) is 86.6 Å². The molecule has 0 heterocycles. The maximum absolute atomic E-state index is 13.0. The summed E-state index contributed by atoms with van der Waals surface area (Å²) in [7, 11) is 0. The van der Waals surface area contributed by atoms with E-state index in [9.17, 15) is 19.1 Å². The number of amides is 1. The third-order valence-corrected chi connectivity index (χ3v) is 2.92. The molecule has 0 saturated heterocycles. The molecule has 0 saturated carbocycles. The lowest BCUT2D eigenvalue weighted by molar-refractivity contribution is 0.0693. The Kier molecular flexibility index (Phi) is 3.89. The number of anilines is 1. The number of hydrogen-bond donors (Lipinski definition) is 3. The fourth-order valence-electron chi connectivity index (χ4n) is 1.87. The highest BCUT2D eigenvalue weighted by Crippen LogP contribution is 2.22. The largest absolute Gasteiger partial charge is 0.507 e. The predicted octanol–water partition coefficient (Wildman–Crippen LogP) is 2.79. The van der Waals surface area contributed by atoms with Crippen LogP contribution in [0.2, 0.25) is 0 Å². The summed E-state index contributed by atoms with van der Waals surface area (Å²) in [6.07, 6.45) is 0. The number of aryl methyl sites for hydroxylation is 1. The molecule has 0 unspecified atom stereocenters. The number of benzene rings is 2. The Bertz CT molecular complexity index is 728. The summed E-state index contributed by atoms with van der Waals surface area (Å²) in [5.74, 6) is -2.63. The van der Waals surface area contributed by atoms with Crippen molar-refractivity contribution in [2.45, 2.75) is 6.92 Å². The number of aromatic carboxylic acids is 1. The molecule has 1 amide bonds. The van der Waals surface area contributed by atoms with Gasteiger partial charge < -0.3 is 15.5 Å². The minimum absolute atomic E-state index is 0.242. The molecule has 0 aliphatic carbocycles. The summed E-state index contributed by atoms with van der Waals surface area (Å²) in [5.41, 5.74) is 0.745. The minimum Gasteiger partial charge on any atom is -0.507 e. The van der Waals surface area contributed by atoms with Gasteiger partial charge in [0.05, 0.1) is 0 Å². The summed E-state index contributed by atoms with van der Waals surface area (Å²) in [6, 6.07) is 7.45. The first-order chi connectivity index (χ1) is 9.88. The zero-order valence-electron chi connectivity index (χ0n) is 11.1. The number of aromatic hydroxyl groups is 1. The normalized spacial score (nSPS) is 10.2. The Labute approximate surface area is 119 Å². The molecule has 2 aromatic carbocycles. The molecule has 6 heteroatoms. The average Bonchev–Trinajstić information content (AvgIpc) is 2.37. The van der Waals surface area contributed by atoms with Crippen LogP contribution in [0, 0.1) is 12.7 Å². The van der Waals surface area contributed by atoms with Gasteiger partial charge in [-0.15, -0.1) is 0 Å². The zero-order valence-corrected chi connectivity index (χ0v) is 11.1. The maximum atomic E-state index is 13.0. The van der Waals surface area contributed by atoms with E-state index in [1.807, 2.05) is 0 Å². The highest BCUT2D eigenvalue weighted by atomic mass is 19.1. The van der Waals surface area contributed by atoms with Gasteiger partial charge in [0.15, 0.2) is 0 Å². The SMILES string of the molecule is Cc1cc(F)ccc1C(=O)Nc1ccc(C(=O)O)c(O)c1. The highest BCUT2D eigenvalue weighted by Gasteiger charge is 2.13. The van der Waals surface area contributed by atoms with Gasteiger partial charge in [-0.25, -0.2) is 9.18 Å². The van der Waals surface area contributed by atoms with Crippen LogP contribution in [-0.4, -0.2) is 22.1 Å². The van der Waals surface area contributed by atoms with Crippen LogP contribution in [0.1, 0.15) is 26.3 Å². The van der Waals surface area contributed by atoms with E-state index in [-0.39, 0.29) is 11.3 Å². The van der Waals surface area contributed by atoms with Crippen LogP contribution >= 0.6 is 0 Å². The van der Waals surface area contributed by atoms with E-state index >= 15 is 0 Å². The van der Waals surface area contributed by atoms with Crippen molar-refractivity contribution in [3.63, 3.8) is 0 Å². The summed E-state index contributed by atoms with van der Waals surface area (Å²) < 4.78 is 13.0. The lowest BCUT2D eigenvalue weighted by Crippen LogP contribution is -2.13. The number of carbonyl (C=O) groups excluding carboxylic acids is 1. The third-order valence-electron chi connectivity index (χ3n) is 2.92. The third kappa shape index (κ3) is 3.17. The molecule has 21 heavy (non-hydrogen) atoms. The summed E-state index contributed by atoms with van der Waals surface area (Å²) >= 11 is 0. The monoisotopic (exact) mass is 289 g/mol. The molecule has 0 radical (unpaired) electrons. The minimum atomic E-state index is -1.26. The van der Waals surface area contributed by atoms with E-state index in [0.29, 0.717) is 11.1 Å². The number of nitrogens with one attached hydrogen (secondary N) is 1. The van der Waals surface area contributed by atoms with Crippen LogP contribution in [0.4, 0.5) is 10.1 Å². The molecule has 0 aliphatic rings. The van der Waals surface area contributed by atoms with E-state index < -0.39 is 23.4 Å². The van der Waals surface area contributed by atoms with E-state index in [1.54, 1.807) is 6.92 Å². The van der Waals surface area contributed by atoms with Gasteiger partial charge in [-0.05, 0) is 42.8 Å². The standard InChI is InChI=1S/C15H12FNO4/c1-8-6-9(16)2-4-11(8)14(19)17-10-3-5-12(15(20)21)13(18)7-10/h2-7,18H,1H3,(H,17,19)(H,20,21). The number of hydrogen-bond acceptors (Lipinski definition) is 3. The molecule has 0 aromatic heterocycles. The van der Waals surface area contributed by atoms with E-state index in [2.05, 4.69) is 5.32 Å². The van der Waals surface area contributed by atoms with Crippen molar-refractivity contribution in [1.82, 2.24) is 0 Å². The first-order valence-corrected chi connectivity index (χ1v) is 6.02. The molecule has 0 atom stereocenters. The van der Waals surface area contributed by atoms with Crippen molar-refractivity contribution in [3.05, 3.63) is 58.9 Å². The number of halogens is 1. The summed E-state index contributed by atoms with van der Waals surface area (Å²) in [5, 5.41) is 20.9. The van der Waals surface area contributed by atoms with Crippen LogP contribution < -0.4 is 5.32 Å². The van der Waals surface area contributed by atoms with Crippen molar-refractivity contribution in [2.75, 3.05) is 5.32 Å². The lowest BCUT2D eigenvalue weighted by atomic mass is 10.1. The molecule has 2 rings (SSSR count). The van der Waals surface area contributed by atoms with Gasteiger partial charge in [0.1, 0.15) is 17.1 Å². The van der Waals surface area contributed by atoms with Gasteiger partial charge in [0, 0.05) is 17.3 Å². The van der Waals surface area contributed by atoms with Gasteiger partial charge in [0.2, 0.25) is 0 Å². The van der Waals surface area contributed by atoms with E-state index in [1.165, 1.54) is 30.3 Å². The first-order valence-electron chi connectivity index (χ1n) is 6.02. The number of phenols is 1. The molecule has 5 nitrogen and oxygen atoms in total. The van der Waals surface area contributed by atoms with Gasteiger partial charge in [-0.1, -0.05) is 0 Å². The van der Waals surface area contributed by atoms with Crippen molar-refractivity contribution in [2.24, 2.45) is 0 Å². The van der Waals surface area contributed by atoms with Crippen LogP contribution in [0.3, 0.4) is 0 Å². The molecule has 0 fully saturated rings. The highest BCUT2D eigenvalue weighted by molar-refractivity contribution is 6.05. The van der Waals surface area contributed by atoms with E-state index in [0.717, 1.165) is 6.07 Å². The van der Waals surface area contributed by atoms with Crippen molar-refractivity contribution in [3.8, 4) is 5.75 Å². The fraction of sp³-hybridized carbons (Fsp3) is 0.0667. The van der Waals surface area contributed by atoms with Gasteiger partial charge >= 0.3 is 5.97 Å². The zero-order chi connectivity index (χ0) is 15.6. The molecule has 0 bridgehead atoms. The molecular weight excluding hydrogens is 277 g/mol. The summed E-state index contributed by atoms with van der Waals surface area (Å²) in [6.45, 7) is 1.60. The number of carboxylic acid groups (broad SMARTS) is 1. The number of rotatable bonds is 3. The Morgan fingerprint density at radius 2 is 1.76 bits per heavy atom. The van der Waals surface area contributed by atoms with E-state index in [4.69, 9.17) is 5.11 Å². The Hall–Kier alpha value is -2.89. The van der Waals surface area contributed by atoms with Crippen molar-refractivity contribution in [1.29, 1.82) is 0 Å². The summed E-state index contributed by atoms with van der Waals surface area (Å²) in [4.78, 5) is 22.8. The fourth-order valence-corrected chi connectivity index (χ4v) is 1.87. The van der Waals surface area contributed by atoms with Crippen LogP contribution in [0.15, 0.2) is 36.4 Å². The van der Waals surface area contributed by atoms with Crippen LogP contribution in [-0.2, 0) is 0 Å². The Morgan fingerprint density at radius 3 is 2.33 bits per heavy atom. The Balaban J connectivity index is 2.23.